The van der Waals surface area contributed by atoms with Crippen molar-refractivity contribution >= 4 is 41.6 Å². The second kappa shape index (κ2) is 14.1. The number of anilines is 1. The molecule has 0 spiro atoms. The third-order valence-corrected chi connectivity index (χ3v) is 6.19. The Kier molecular flexibility index (Phi) is 10.6. The monoisotopic (exact) mass is 529 g/mol. The number of aliphatic hydroxyl groups excluding tert-OH is 1. The summed E-state index contributed by atoms with van der Waals surface area (Å²) >= 11 is 6.46. The Morgan fingerprint density at radius 2 is 1.66 bits per heavy atom. The number of aromatic nitrogens is 2. The standard InChI is InChI=1S/C30H28ClN3O2.CH4O/c1-3-34-20-28(26-16-6-21(2)19-27(26)31)33-29(34)17-9-22-7-10-23(11-8-22)24-12-14-25(15-13-24)32-30(36)5-4-18-35;1-2/h6-20H,3-5H2,1-2H3,(H,32,36);2H,1H3/b17-9+;. The molecule has 0 atom stereocenters. The van der Waals surface area contributed by atoms with E-state index >= 15 is 0 Å². The summed E-state index contributed by atoms with van der Waals surface area (Å²) in [6.45, 7) is 4.92. The minimum absolute atomic E-state index is 0.163. The van der Waals surface area contributed by atoms with Gasteiger partial charge in [-0.15, -0.1) is 0 Å². The molecular formula is C31H32ClN3O3. The van der Waals surface area contributed by atoms with Crippen LogP contribution < -0.4 is 5.32 Å². The summed E-state index contributed by atoms with van der Waals surface area (Å²) in [7, 11) is 1.00. The number of aldehydes is 1. The molecule has 0 radical (unpaired) electrons. The molecule has 38 heavy (non-hydrogen) atoms. The number of nitrogens with zero attached hydrogens (tertiary/aromatic N) is 2. The first-order chi connectivity index (χ1) is 18.5. The first-order valence-electron chi connectivity index (χ1n) is 12.4. The minimum Gasteiger partial charge on any atom is -0.400 e. The van der Waals surface area contributed by atoms with Gasteiger partial charge < -0.3 is 19.8 Å². The summed E-state index contributed by atoms with van der Waals surface area (Å²) in [5.74, 6) is 0.711. The highest BCUT2D eigenvalue weighted by Gasteiger charge is 2.10. The average Bonchev–Trinajstić information content (AvgIpc) is 3.35. The first kappa shape index (κ1) is 28.6. The highest BCUT2D eigenvalue weighted by molar-refractivity contribution is 6.33. The van der Waals surface area contributed by atoms with E-state index in [0.717, 1.165) is 59.3 Å². The van der Waals surface area contributed by atoms with Crippen molar-refractivity contribution in [3.63, 3.8) is 0 Å². The van der Waals surface area contributed by atoms with Crippen molar-refractivity contribution in [3.8, 4) is 22.4 Å². The molecular weight excluding hydrogens is 498 g/mol. The van der Waals surface area contributed by atoms with Gasteiger partial charge in [0.25, 0.3) is 0 Å². The van der Waals surface area contributed by atoms with Gasteiger partial charge in [-0.3, -0.25) is 4.79 Å². The molecule has 7 heteroatoms. The van der Waals surface area contributed by atoms with E-state index in [4.69, 9.17) is 21.7 Å². The molecule has 0 aliphatic carbocycles. The van der Waals surface area contributed by atoms with E-state index in [1.54, 1.807) is 0 Å². The van der Waals surface area contributed by atoms with E-state index in [0.29, 0.717) is 10.7 Å². The number of aryl methyl sites for hydroxylation is 2. The lowest BCUT2D eigenvalue weighted by Gasteiger charge is -2.06. The molecule has 1 aromatic heterocycles. The molecule has 0 saturated carbocycles. The number of hydrogen-bond donors (Lipinski definition) is 2. The number of hydrogen-bond acceptors (Lipinski definition) is 4. The van der Waals surface area contributed by atoms with Crippen molar-refractivity contribution < 1.29 is 14.7 Å². The van der Waals surface area contributed by atoms with Gasteiger partial charge in [-0.05, 0) is 60.4 Å². The van der Waals surface area contributed by atoms with Crippen molar-refractivity contribution in [2.75, 3.05) is 12.4 Å². The van der Waals surface area contributed by atoms with Gasteiger partial charge in [0.05, 0.1) is 10.7 Å². The molecule has 2 N–H and O–H groups in total. The van der Waals surface area contributed by atoms with E-state index in [-0.39, 0.29) is 18.7 Å². The van der Waals surface area contributed by atoms with E-state index in [1.165, 1.54) is 0 Å². The Labute approximate surface area is 228 Å². The van der Waals surface area contributed by atoms with Crippen molar-refractivity contribution in [2.24, 2.45) is 0 Å². The fourth-order valence-electron chi connectivity index (χ4n) is 3.89. The van der Waals surface area contributed by atoms with Crippen LogP contribution in [0.4, 0.5) is 5.69 Å². The quantitative estimate of drug-likeness (QED) is 0.231. The van der Waals surface area contributed by atoms with E-state index in [2.05, 4.69) is 47.1 Å². The van der Waals surface area contributed by atoms with Crippen LogP contribution in [0.3, 0.4) is 0 Å². The predicted octanol–water partition coefficient (Wildman–Crippen LogP) is 6.90. The van der Waals surface area contributed by atoms with E-state index < -0.39 is 0 Å². The smallest absolute Gasteiger partial charge is 0.224 e. The molecule has 0 aliphatic heterocycles. The number of rotatable bonds is 9. The summed E-state index contributed by atoms with van der Waals surface area (Å²) in [5.41, 5.74) is 6.83. The molecule has 0 aliphatic rings. The van der Waals surface area contributed by atoms with Crippen LogP contribution in [0, 0.1) is 6.92 Å². The maximum absolute atomic E-state index is 11.8. The number of imidazole rings is 1. The Balaban J connectivity index is 0.00000195. The fraction of sp³-hybridized carbons (Fsp3) is 0.194. The van der Waals surface area contributed by atoms with Crippen LogP contribution in [0.5, 0.6) is 0 Å². The molecule has 0 fully saturated rings. The largest absolute Gasteiger partial charge is 0.400 e. The van der Waals surface area contributed by atoms with Gasteiger partial charge in [-0.1, -0.05) is 66.2 Å². The van der Waals surface area contributed by atoms with Gasteiger partial charge in [0.2, 0.25) is 5.91 Å². The maximum atomic E-state index is 11.8. The van der Waals surface area contributed by atoms with Gasteiger partial charge in [-0.25, -0.2) is 4.98 Å². The van der Waals surface area contributed by atoms with Crippen LogP contribution in [-0.2, 0) is 16.1 Å². The van der Waals surface area contributed by atoms with Crippen LogP contribution in [0.1, 0.15) is 36.7 Å². The Bertz CT molecular complexity index is 1390. The Morgan fingerprint density at radius 1 is 1.00 bits per heavy atom. The Morgan fingerprint density at radius 3 is 2.26 bits per heavy atom. The molecule has 3 aromatic carbocycles. The minimum atomic E-state index is -0.163. The molecule has 1 amide bonds. The summed E-state index contributed by atoms with van der Waals surface area (Å²) in [5, 5.41) is 10.5. The van der Waals surface area contributed by atoms with Crippen molar-refractivity contribution in [3.05, 3.63) is 94.9 Å². The highest BCUT2D eigenvalue weighted by atomic mass is 35.5. The van der Waals surface area contributed by atoms with Gasteiger partial charge in [-0.2, -0.15) is 0 Å². The molecule has 0 unspecified atom stereocenters. The molecule has 1 heterocycles. The summed E-state index contributed by atoms with van der Waals surface area (Å²) in [4.78, 5) is 27.0. The zero-order valence-corrected chi connectivity index (χ0v) is 22.6. The first-order valence-corrected chi connectivity index (χ1v) is 12.7. The van der Waals surface area contributed by atoms with Crippen molar-refractivity contribution in [2.45, 2.75) is 33.2 Å². The fourth-order valence-corrected chi connectivity index (χ4v) is 4.22. The molecule has 196 valence electrons. The van der Waals surface area contributed by atoms with Crippen LogP contribution in [0.25, 0.3) is 34.5 Å². The third-order valence-electron chi connectivity index (χ3n) is 5.88. The van der Waals surface area contributed by atoms with Gasteiger partial charge in [0.15, 0.2) is 0 Å². The van der Waals surface area contributed by atoms with Gasteiger partial charge in [0.1, 0.15) is 12.1 Å². The highest BCUT2D eigenvalue weighted by Crippen LogP contribution is 2.29. The molecule has 4 aromatic rings. The van der Waals surface area contributed by atoms with Crippen LogP contribution in [-0.4, -0.2) is 34.0 Å². The van der Waals surface area contributed by atoms with Crippen LogP contribution >= 0.6 is 11.6 Å². The third kappa shape index (κ3) is 7.51. The van der Waals surface area contributed by atoms with Crippen molar-refractivity contribution in [1.29, 1.82) is 0 Å². The number of carbonyl (C=O) groups is 2. The summed E-state index contributed by atoms with van der Waals surface area (Å²) in [6, 6.07) is 22.0. The predicted molar refractivity (Wildman–Crippen MR) is 156 cm³/mol. The molecule has 0 saturated heterocycles. The number of halogens is 1. The number of nitrogens with one attached hydrogen (secondary N) is 1. The lowest BCUT2D eigenvalue weighted by Crippen LogP contribution is -2.11. The molecule has 4 rings (SSSR count). The lowest BCUT2D eigenvalue weighted by atomic mass is 10.0. The number of benzene rings is 3. The number of carbonyl (C=O) groups excluding carboxylic acids is 2. The lowest BCUT2D eigenvalue weighted by molar-refractivity contribution is -0.118. The second-order valence-electron chi connectivity index (χ2n) is 8.54. The van der Waals surface area contributed by atoms with E-state index in [9.17, 15) is 9.59 Å². The average molecular weight is 530 g/mol. The SMILES string of the molecule is CCn1cc(-c2ccc(C)cc2Cl)nc1/C=C/c1ccc(-c2ccc(NC(=O)CCC=O)cc2)cc1.CO. The topological polar surface area (TPSA) is 84.2 Å². The van der Waals surface area contributed by atoms with Gasteiger partial charge >= 0.3 is 0 Å². The maximum Gasteiger partial charge on any atom is 0.224 e. The number of aliphatic hydroxyl groups is 1. The normalized spacial score (nSPS) is 10.7. The summed E-state index contributed by atoms with van der Waals surface area (Å²) < 4.78 is 2.11. The van der Waals surface area contributed by atoms with Crippen LogP contribution in [0.2, 0.25) is 5.02 Å². The number of amides is 1. The Hall–Kier alpha value is -4.00. The summed E-state index contributed by atoms with van der Waals surface area (Å²) in [6.07, 6.45) is 7.28. The van der Waals surface area contributed by atoms with E-state index in [1.807, 2.05) is 61.7 Å². The molecule has 6 nitrogen and oxygen atoms in total. The second-order valence-corrected chi connectivity index (χ2v) is 8.95. The zero-order chi connectivity index (χ0) is 27.5. The zero-order valence-electron chi connectivity index (χ0n) is 21.8. The van der Waals surface area contributed by atoms with Gasteiger partial charge in [0, 0.05) is 43.9 Å². The van der Waals surface area contributed by atoms with Crippen molar-refractivity contribution in [1.82, 2.24) is 9.55 Å². The van der Waals surface area contributed by atoms with Crippen LogP contribution in [0.15, 0.2) is 72.9 Å². The molecule has 0 bridgehead atoms.